The van der Waals surface area contributed by atoms with Crippen LogP contribution in [0.1, 0.15) is 60.6 Å². The second-order valence-corrected chi connectivity index (χ2v) is 16.1. The number of nitrogens with two attached hydrogens (primary N) is 1. The van der Waals surface area contributed by atoms with Gasteiger partial charge in [-0.15, -0.1) is 5.10 Å². The van der Waals surface area contributed by atoms with E-state index < -0.39 is 59.7 Å². The normalized spacial score (nSPS) is 17.2. The summed E-state index contributed by atoms with van der Waals surface area (Å²) in [6, 6.07) is 16.6. The molecule has 0 saturated heterocycles. The molecular weight excluding hydrogens is 842 g/mol. The van der Waals surface area contributed by atoms with Crippen LogP contribution in [0.15, 0.2) is 97.3 Å². The predicted octanol–water partition coefficient (Wildman–Crippen LogP) is 3.42. The number of nitrogens with one attached hydrogen (secondary N) is 4. The lowest BCUT2D eigenvalue weighted by molar-refractivity contribution is -0.141. The monoisotopic (exact) mass is 891 g/mol. The summed E-state index contributed by atoms with van der Waals surface area (Å²) in [5, 5.41) is 41.2. The van der Waals surface area contributed by atoms with Crippen molar-refractivity contribution in [3.05, 3.63) is 119 Å². The van der Waals surface area contributed by atoms with Gasteiger partial charge in [0, 0.05) is 41.4 Å². The van der Waals surface area contributed by atoms with E-state index in [0.29, 0.717) is 30.0 Å². The van der Waals surface area contributed by atoms with Gasteiger partial charge in [0.25, 0.3) is 5.91 Å². The number of carbonyl (C=O) groups excluding carboxylic acids is 6. The number of likely N-dealkylation sites (N-methyl/N-ethyl adjacent to an activating group) is 1. The molecule has 0 radical (unpaired) electrons. The topological polar surface area (TPSA) is 251 Å². The summed E-state index contributed by atoms with van der Waals surface area (Å²) in [4.78, 5) is 84.4. The summed E-state index contributed by atoms with van der Waals surface area (Å²) in [5.74, 6) is -4.32. The molecule has 4 bridgehead atoms. The molecule has 1 aliphatic rings. The van der Waals surface area contributed by atoms with Crippen molar-refractivity contribution < 1.29 is 39.0 Å². The summed E-state index contributed by atoms with van der Waals surface area (Å²) < 4.78 is 1.31. The molecule has 8 N–H and O–H groups in total. The Labute approximate surface area is 374 Å². The highest BCUT2D eigenvalue weighted by Gasteiger charge is 2.36. The quantitative estimate of drug-likeness (QED) is 0.0796. The van der Waals surface area contributed by atoms with Gasteiger partial charge in [-0.3, -0.25) is 28.8 Å². The second-order valence-electron chi connectivity index (χ2n) is 15.7. The van der Waals surface area contributed by atoms with E-state index in [1.165, 1.54) is 68.3 Å². The van der Waals surface area contributed by atoms with E-state index in [1.807, 2.05) is 12.1 Å². The Morgan fingerprint density at radius 1 is 0.891 bits per heavy atom. The van der Waals surface area contributed by atoms with Gasteiger partial charge in [-0.25, -0.2) is 4.68 Å². The van der Waals surface area contributed by atoms with Crippen molar-refractivity contribution in [2.75, 3.05) is 13.6 Å². The zero-order valence-electron chi connectivity index (χ0n) is 35.5. The molecule has 5 atom stereocenters. The largest absolute Gasteiger partial charge is 0.507 e. The number of aromatic hydroxyl groups is 2. The van der Waals surface area contributed by atoms with Crippen molar-refractivity contribution in [2.45, 2.75) is 76.3 Å². The molecular formula is C46H50ClN9O8. The van der Waals surface area contributed by atoms with E-state index in [-0.39, 0.29) is 58.9 Å². The second kappa shape index (κ2) is 20.8. The van der Waals surface area contributed by atoms with Gasteiger partial charge < -0.3 is 42.1 Å². The molecule has 5 amide bonds. The number of halogens is 1. The number of rotatable bonds is 14. The number of hydrogen-bond acceptors (Lipinski definition) is 11. The number of carbonyl (C=O) groups is 6. The zero-order valence-corrected chi connectivity index (χ0v) is 36.2. The van der Waals surface area contributed by atoms with E-state index in [2.05, 4.69) is 31.6 Å². The maximum absolute atomic E-state index is 14.6. The Morgan fingerprint density at radius 3 is 2.20 bits per heavy atom. The Hall–Kier alpha value is -7.11. The van der Waals surface area contributed by atoms with Gasteiger partial charge in [0.15, 0.2) is 5.78 Å². The van der Waals surface area contributed by atoms with Gasteiger partial charge >= 0.3 is 0 Å². The van der Waals surface area contributed by atoms with E-state index in [0.717, 1.165) is 16.0 Å². The number of unbranched alkanes of at least 4 members (excludes halogenated alkanes) is 1. The molecule has 5 unspecified atom stereocenters. The van der Waals surface area contributed by atoms with Gasteiger partial charge in [-0.05, 0) is 110 Å². The summed E-state index contributed by atoms with van der Waals surface area (Å²) in [6.45, 7) is 3.08. The van der Waals surface area contributed by atoms with Crippen LogP contribution in [-0.4, -0.2) is 103 Å². The number of hydrogen-bond donors (Lipinski definition) is 7. The van der Waals surface area contributed by atoms with Crippen LogP contribution in [0.3, 0.4) is 0 Å². The lowest BCUT2D eigenvalue weighted by Crippen LogP contribution is -2.57. The minimum Gasteiger partial charge on any atom is -0.507 e. The molecule has 0 saturated carbocycles. The maximum Gasteiger partial charge on any atom is 0.251 e. The number of phenols is 2. The van der Waals surface area contributed by atoms with Crippen molar-refractivity contribution in [3.63, 3.8) is 0 Å². The number of nitrogens with zero attached hydrogens (tertiary/aromatic N) is 4. The van der Waals surface area contributed by atoms with Crippen molar-refractivity contribution in [1.29, 1.82) is 0 Å². The molecule has 0 fully saturated rings. The lowest BCUT2D eigenvalue weighted by atomic mass is 9.93. The van der Waals surface area contributed by atoms with E-state index in [1.54, 1.807) is 42.5 Å². The number of aromatic nitrogens is 3. The van der Waals surface area contributed by atoms with E-state index >= 15 is 0 Å². The zero-order chi connectivity index (χ0) is 46.1. The van der Waals surface area contributed by atoms with Crippen molar-refractivity contribution in [2.24, 2.45) is 5.73 Å². The van der Waals surface area contributed by atoms with Crippen LogP contribution in [0.4, 0.5) is 0 Å². The molecule has 0 aliphatic carbocycles. The first kappa shape index (κ1) is 46.4. The summed E-state index contributed by atoms with van der Waals surface area (Å²) in [6.07, 6.45) is 3.99. The van der Waals surface area contributed by atoms with Gasteiger partial charge in [0.05, 0.1) is 12.2 Å². The van der Waals surface area contributed by atoms with Crippen LogP contribution in [0, 0.1) is 0 Å². The van der Waals surface area contributed by atoms with Crippen LogP contribution in [0.5, 0.6) is 11.5 Å². The minimum absolute atomic E-state index is 0.104. The number of amides is 5. The summed E-state index contributed by atoms with van der Waals surface area (Å²) in [5.41, 5.74) is 8.73. The van der Waals surface area contributed by atoms with Crippen LogP contribution < -0.4 is 27.0 Å². The Bertz CT molecular complexity index is 2500. The standard InChI is InChI=1S/C46H50ClN9O8/c1-26(40(59)25-56-21-20-49-54-56)50-44(62)37-23-28-7-17-38(57)34(22-28)35-24-32(14-18-39(35)58)41(45(63)51-27(2)42(60)53-37)55(3)46(64)36(6-4-5-19-48)52-43(61)31-10-8-29(9-11-31)30-12-15-33(47)16-13-30/h7-18,20-22,24,26-27,36-37,41,57-58H,4-6,19,23,25,48H2,1-3H3,(H,50,62)(H,51,63)(H,52,61)(H,53,60). The molecule has 18 heteroatoms. The van der Waals surface area contributed by atoms with Crippen molar-refractivity contribution >= 4 is 46.9 Å². The van der Waals surface area contributed by atoms with Gasteiger partial charge in [-0.1, -0.05) is 53.2 Å². The molecule has 6 rings (SSSR count). The number of fused-ring (bicyclic) bond motifs is 5. The fraction of sp³-hybridized carbons (Fsp3) is 0.304. The average Bonchev–Trinajstić information content (AvgIpc) is 3.79. The predicted molar refractivity (Wildman–Crippen MR) is 238 cm³/mol. The molecule has 0 spiro atoms. The van der Waals surface area contributed by atoms with Gasteiger partial charge in [0.1, 0.15) is 42.2 Å². The Balaban J connectivity index is 1.30. The number of ketones is 1. The average molecular weight is 892 g/mol. The molecule has 4 aromatic carbocycles. The molecule has 1 aliphatic heterocycles. The minimum atomic E-state index is -1.45. The third kappa shape index (κ3) is 11.3. The number of benzene rings is 4. The molecule has 64 heavy (non-hydrogen) atoms. The summed E-state index contributed by atoms with van der Waals surface area (Å²) >= 11 is 6.05. The van der Waals surface area contributed by atoms with Crippen LogP contribution in [-0.2, 0) is 36.9 Å². The van der Waals surface area contributed by atoms with Gasteiger partial charge in [-0.2, -0.15) is 0 Å². The van der Waals surface area contributed by atoms with Crippen LogP contribution in [0.25, 0.3) is 22.3 Å². The Kier molecular flexibility index (Phi) is 15.1. The SMILES string of the molecule is CC(NC(=O)C1Cc2ccc(O)c(c2)-c2cc(ccc2O)C(N(C)C(=O)C(CCCCN)NC(=O)c2ccc(-c3ccc(Cl)cc3)cc2)C(=O)NC(C)C(=O)N1)C(=O)Cn1ccnn1. The van der Waals surface area contributed by atoms with E-state index in [9.17, 15) is 39.0 Å². The first-order valence-electron chi connectivity index (χ1n) is 20.7. The molecule has 17 nitrogen and oxygen atoms in total. The lowest BCUT2D eigenvalue weighted by Gasteiger charge is -2.32. The highest BCUT2D eigenvalue weighted by molar-refractivity contribution is 6.30. The molecule has 334 valence electrons. The maximum atomic E-state index is 14.6. The number of Topliss-reactive ketones (excluding diaryl/α,β-unsaturated/α-hetero) is 1. The molecule has 1 aromatic heterocycles. The van der Waals surface area contributed by atoms with Crippen molar-refractivity contribution in [3.8, 4) is 33.8 Å². The Morgan fingerprint density at radius 2 is 1.55 bits per heavy atom. The van der Waals surface area contributed by atoms with Crippen LogP contribution >= 0.6 is 11.6 Å². The summed E-state index contributed by atoms with van der Waals surface area (Å²) in [7, 11) is 1.39. The molecule has 5 aromatic rings. The fourth-order valence-corrected chi connectivity index (χ4v) is 7.47. The number of phenolic OH excluding ortho intramolecular Hbond substituents is 2. The third-order valence-corrected chi connectivity index (χ3v) is 11.3. The first-order chi connectivity index (χ1) is 30.6. The van der Waals surface area contributed by atoms with Gasteiger partial charge in [0.2, 0.25) is 23.6 Å². The molecule has 2 heterocycles. The smallest absolute Gasteiger partial charge is 0.251 e. The first-order valence-corrected chi connectivity index (χ1v) is 21.1. The van der Waals surface area contributed by atoms with E-state index in [4.69, 9.17) is 17.3 Å². The van der Waals surface area contributed by atoms with Crippen molar-refractivity contribution in [1.82, 2.24) is 41.2 Å². The highest BCUT2D eigenvalue weighted by Crippen LogP contribution is 2.39. The van der Waals surface area contributed by atoms with Crippen LogP contribution in [0.2, 0.25) is 5.02 Å². The third-order valence-electron chi connectivity index (χ3n) is 11.0. The highest BCUT2D eigenvalue weighted by atomic mass is 35.5. The fourth-order valence-electron chi connectivity index (χ4n) is 7.35.